The molecule has 0 heterocycles. The van der Waals surface area contributed by atoms with Crippen molar-refractivity contribution in [2.75, 3.05) is 0 Å². The van der Waals surface area contributed by atoms with Gasteiger partial charge >= 0.3 is 0 Å². The fraction of sp³-hybridized carbons (Fsp3) is 1.00. The predicted molar refractivity (Wildman–Crippen MR) is 69.6 cm³/mol. The molecule has 0 aliphatic carbocycles. The molecule has 0 rings (SSSR count). The molecule has 4 nitrogen and oxygen atoms in total. The van der Waals surface area contributed by atoms with Crippen LogP contribution in [0.5, 0.6) is 0 Å². The summed E-state index contributed by atoms with van der Waals surface area (Å²) in [6.07, 6.45) is 5.25. The third-order valence-electron chi connectivity index (χ3n) is 2.98. The highest BCUT2D eigenvalue weighted by molar-refractivity contribution is 7.86. The van der Waals surface area contributed by atoms with E-state index in [0.717, 1.165) is 32.1 Å². The van der Waals surface area contributed by atoms with Crippen molar-refractivity contribution < 1.29 is 18.1 Å². The molecule has 104 valence electrons. The van der Waals surface area contributed by atoms with E-state index in [1.165, 1.54) is 0 Å². The highest BCUT2D eigenvalue weighted by atomic mass is 32.2. The molecule has 5 heteroatoms. The van der Waals surface area contributed by atoms with Gasteiger partial charge in [-0.25, -0.2) is 0 Å². The van der Waals surface area contributed by atoms with Gasteiger partial charge in [0, 0.05) is 0 Å². The number of aliphatic hydroxyl groups is 1. The van der Waals surface area contributed by atoms with Gasteiger partial charge < -0.3 is 5.11 Å². The summed E-state index contributed by atoms with van der Waals surface area (Å²) >= 11 is 0. The molecular weight excluding hydrogens is 240 g/mol. The molecular formula is C12H26O4S. The van der Waals surface area contributed by atoms with Crippen molar-refractivity contribution in [3.8, 4) is 0 Å². The van der Waals surface area contributed by atoms with Crippen molar-refractivity contribution in [2.45, 2.75) is 76.6 Å². The maximum absolute atomic E-state index is 11.1. The van der Waals surface area contributed by atoms with E-state index in [2.05, 4.69) is 6.92 Å². The number of hydrogen-bond donors (Lipinski definition) is 2. The largest absolute Gasteiger partial charge is 0.393 e. The molecule has 0 aromatic carbocycles. The minimum Gasteiger partial charge on any atom is -0.393 e. The summed E-state index contributed by atoms with van der Waals surface area (Å²) in [5, 5.41) is 8.93. The first kappa shape index (κ1) is 16.9. The van der Waals surface area contributed by atoms with Gasteiger partial charge in [0.05, 0.1) is 11.4 Å². The first-order chi connectivity index (χ1) is 7.91. The van der Waals surface area contributed by atoms with E-state index in [-0.39, 0.29) is 6.42 Å². The van der Waals surface area contributed by atoms with Crippen molar-refractivity contribution in [1.29, 1.82) is 0 Å². The van der Waals surface area contributed by atoms with Crippen LogP contribution in [0.25, 0.3) is 0 Å². The second kappa shape index (κ2) is 8.89. The van der Waals surface area contributed by atoms with Crippen LogP contribution in [-0.2, 0) is 10.1 Å². The van der Waals surface area contributed by atoms with Crippen LogP contribution in [0.1, 0.15) is 65.2 Å². The lowest BCUT2D eigenvalue weighted by atomic mass is 10.0. The van der Waals surface area contributed by atoms with Gasteiger partial charge in [0.25, 0.3) is 10.1 Å². The molecule has 0 aromatic rings. The lowest BCUT2D eigenvalue weighted by Crippen LogP contribution is -2.26. The lowest BCUT2D eigenvalue weighted by Gasteiger charge is -2.17. The van der Waals surface area contributed by atoms with E-state index < -0.39 is 21.5 Å². The summed E-state index contributed by atoms with van der Waals surface area (Å²) < 4.78 is 31.4. The molecule has 0 aliphatic rings. The van der Waals surface area contributed by atoms with Gasteiger partial charge in [0.1, 0.15) is 0 Å². The molecule has 0 fully saturated rings. The average molecular weight is 266 g/mol. The molecule has 0 aromatic heterocycles. The van der Waals surface area contributed by atoms with Crippen LogP contribution in [0.4, 0.5) is 0 Å². The van der Waals surface area contributed by atoms with Crippen LogP contribution < -0.4 is 0 Å². The summed E-state index contributed by atoms with van der Waals surface area (Å²) in [4.78, 5) is 0. The van der Waals surface area contributed by atoms with Crippen LogP contribution in [0, 0.1) is 0 Å². The lowest BCUT2D eigenvalue weighted by molar-refractivity contribution is 0.147. The van der Waals surface area contributed by atoms with Gasteiger partial charge in [-0.15, -0.1) is 0 Å². The zero-order valence-electron chi connectivity index (χ0n) is 10.9. The van der Waals surface area contributed by atoms with Gasteiger partial charge in [-0.3, -0.25) is 4.55 Å². The number of hydrogen-bond acceptors (Lipinski definition) is 3. The van der Waals surface area contributed by atoms with Crippen LogP contribution in [0.15, 0.2) is 0 Å². The van der Waals surface area contributed by atoms with Crippen LogP contribution in [-0.4, -0.2) is 29.4 Å². The molecule has 0 amide bonds. The second-order valence-electron chi connectivity index (χ2n) is 4.66. The van der Waals surface area contributed by atoms with Gasteiger partial charge in [-0.1, -0.05) is 46.0 Å². The Morgan fingerprint density at radius 1 is 1.00 bits per heavy atom. The first-order valence-corrected chi connectivity index (χ1v) is 8.06. The van der Waals surface area contributed by atoms with Crippen molar-refractivity contribution in [1.82, 2.24) is 0 Å². The average Bonchev–Trinajstić information content (AvgIpc) is 2.23. The highest BCUT2D eigenvalue weighted by Crippen LogP contribution is 2.18. The maximum atomic E-state index is 11.1. The van der Waals surface area contributed by atoms with E-state index in [1.54, 1.807) is 0 Å². The molecule has 0 spiro atoms. The maximum Gasteiger partial charge on any atom is 0.267 e. The molecule has 0 saturated carbocycles. The van der Waals surface area contributed by atoms with E-state index in [1.807, 2.05) is 6.92 Å². The zero-order chi connectivity index (χ0) is 13.3. The molecule has 2 N–H and O–H groups in total. The van der Waals surface area contributed by atoms with Gasteiger partial charge in [0.2, 0.25) is 0 Å². The van der Waals surface area contributed by atoms with Crippen LogP contribution in [0.3, 0.4) is 0 Å². The molecule has 0 saturated heterocycles. The van der Waals surface area contributed by atoms with Gasteiger partial charge in [0.15, 0.2) is 0 Å². The minimum atomic E-state index is -4.02. The van der Waals surface area contributed by atoms with Crippen LogP contribution in [0.2, 0.25) is 0 Å². The molecule has 2 atom stereocenters. The Kier molecular flexibility index (Phi) is 8.82. The molecule has 2 unspecified atom stereocenters. The monoisotopic (exact) mass is 266 g/mol. The van der Waals surface area contributed by atoms with E-state index in [9.17, 15) is 13.5 Å². The predicted octanol–water partition coefficient (Wildman–Crippen LogP) is 2.76. The topological polar surface area (TPSA) is 74.6 Å². The standard InChI is InChI=1S/C12H26O4S/c1-3-5-7-8-11(13)10-12(9-6-4-2)17(14,15)16/h11-13H,3-10H2,1-2H3,(H,14,15,16). The Morgan fingerprint density at radius 3 is 2.06 bits per heavy atom. The molecule has 0 radical (unpaired) electrons. The molecule has 17 heavy (non-hydrogen) atoms. The Bertz CT molecular complexity index is 274. The second-order valence-corrected chi connectivity index (χ2v) is 6.36. The smallest absolute Gasteiger partial charge is 0.267 e. The Hall–Kier alpha value is -0.130. The number of rotatable bonds is 10. The Balaban J connectivity index is 4.14. The van der Waals surface area contributed by atoms with Crippen molar-refractivity contribution in [2.24, 2.45) is 0 Å². The highest BCUT2D eigenvalue weighted by Gasteiger charge is 2.25. The minimum absolute atomic E-state index is 0.155. The number of unbranched alkanes of at least 4 members (excludes halogenated alkanes) is 3. The van der Waals surface area contributed by atoms with E-state index in [4.69, 9.17) is 4.55 Å². The summed E-state index contributed by atoms with van der Waals surface area (Å²) in [5.74, 6) is 0. The molecule has 0 bridgehead atoms. The Morgan fingerprint density at radius 2 is 1.59 bits per heavy atom. The molecule has 0 aliphatic heterocycles. The third kappa shape index (κ3) is 8.57. The van der Waals surface area contributed by atoms with E-state index in [0.29, 0.717) is 12.8 Å². The van der Waals surface area contributed by atoms with Crippen molar-refractivity contribution >= 4 is 10.1 Å². The SMILES string of the molecule is CCCCCC(O)CC(CCCC)S(=O)(=O)O. The summed E-state index contributed by atoms with van der Waals surface area (Å²) in [5.41, 5.74) is 0. The fourth-order valence-electron chi connectivity index (χ4n) is 1.87. The Labute approximate surface area is 105 Å². The number of aliphatic hydroxyl groups excluding tert-OH is 1. The van der Waals surface area contributed by atoms with Crippen molar-refractivity contribution in [3.63, 3.8) is 0 Å². The summed E-state index contributed by atoms with van der Waals surface area (Å²) in [7, 11) is -4.02. The quantitative estimate of drug-likeness (QED) is 0.471. The van der Waals surface area contributed by atoms with E-state index >= 15 is 0 Å². The van der Waals surface area contributed by atoms with Crippen molar-refractivity contribution in [3.05, 3.63) is 0 Å². The first-order valence-electron chi connectivity index (χ1n) is 6.56. The third-order valence-corrected chi connectivity index (χ3v) is 4.25. The van der Waals surface area contributed by atoms with Gasteiger partial charge in [-0.2, -0.15) is 8.42 Å². The van der Waals surface area contributed by atoms with Gasteiger partial charge in [-0.05, 0) is 19.3 Å². The summed E-state index contributed by atoms with van der Waals surface area (Å²) in [6, 6.07) is 0. The normalized spacial score (nSPS) is 15.8. The summed E-state index contributed by atoms with van der Waals surface area (Å²) in [6.45, 7) is 4.05. The zero-order valence-corrected chi connectivity index (χ0v) is 11.7. The van der Waals surface area contributed by atoms with Crippen LogP contribution >= 0.6 is 0 Å². The fourth-order valence-corrected chi connectivity index (χ4v) is 2.80.